The molecule has 1 amide bonds. The minimum Gasteiger partial charge on any atom is -0.481 e. The Bertz CT molecular complexity index is 1190. The largest absolute Gasteiger partial charge is 0.481 e. The van der Waals surface area contributed by atoms with Gasteiger partial charge >= 0.3 is 0 Å². The molecule has 2 aromatic carbocycles. The number of hydrogen-bond donors (Lipinski definition) is 1. The third-order valence-electron chi connectivity index (χ3n) is 4.07. The highest BCUT2D eigenvalue weighted by atomic mass is 16.5. The van der Waals surface area contributed by atoms with Gasteiger partial charge in [-0.25, -0.2) is 4.68 Å². The van der Waals surface area contributed by atoms with Crippen LogP contribution < -0.4 is 10.1 Å². The highest BCUT2D eigenvalue weighted by Gasteiger charge is 2.06. The van der Waals surface area contributed by atoms with Gasteiger partial charge in [-0.05, 0) is 46.8 Å². The molecule has 1 N–H and O–H groups in total. The van der Waals surface area contributed by atoms with E-state index in [0.717, 1.165) is 10.9 Å². The zero-order valence-electron chi connectivity index (χ0n) is 15.3. The van der Waals surface area contributed by atoms with Crippen LogP contribution in [0.5, 0.6) is 5.75 Å². The number of fused-ring (bicyclic) bond motifs is 1. The highest BCUT2D eigenvalue weighted by molar-refractivity contribution is 5.94. The normalized spacial score (nSPS) is 10.2. The molecule has 0 saturated heterocycles. The van der Waals surface area contributed by atoms with Gasteiger partial charge in [0, 0.05) is 23.2 Å². The number of hydrogen-bond acceptors (Lipinski definition) is 6. The number of carbonyl (C=O) groups excluding carboxylic acids is 1. The second kappa shape index (κ2) is 8.63. The molecule has 29 heavy (non-hydrogen) atoms. The van der Waals surface area contributed by atoms with Gasteiger partial charge in [0.25, 0.3) is 5.91 Å². The summed E-state index contributed by atoms with van der Waals surface area (Å²) in [6, 6.07) is 16.6. The fourth-order valence-corrected chi connectivity index (χ4v) is 2.66. The first-order valence-corrected chi connectivity index (χ1v) is 8.84. The van der Waals surface area contributed by atoms with E-state index in [9.17, 15) is 4.79 Å². The number of benzene rings is 2. The molecule has 2 aromatic heterocycles. The number of nitrogens with zero attached hydrogens (tertiary/aromatic N) is 5. The van der Waals surface area contributed by atoms with Crippen molar-refractivity contribution in [1.29, 1.82) is 0 Å². The molecule has 0 fully saturated rings. The summed E-state index contributed by atoms with van der Waals surface area (Å²) >= 11 is 0. The molecule has 2 heterocycles. The molecule has 8 heteroatoms. The van der Waals surface area contributed by atoms with E-state index in [1.807, 2.05) is 36.4 Å². The maximum absolute atomic E-state index is 12.3. The van der Waals surface area contributed by atoms with Gasteiger partial charge in [-0.15, -0.1) is 5.10 Å². The highest BCUT2D eigenvalue weighted by Crippen LogP contribution is 2.18. The van der Waals surface area contributed by atoms with Crippen molar-refractivity contribution in [1.82, 2.24) is 30.5 Å². The fraction of sp³-hybridized carbons (Fsp3) is 0.0952. The Hall–Kier alpha value is -4.25. The van der Waals surface area contributed by atoms with Crippen molar-refractivity contribution < 1.29 is 9.53 Å². The Morgan fingerprint density at radius 1 is 1.10 bits per heavy atom. The average molecular weight is 384 g/mol. The molecule has 0 bridgehead atoms. The van der Waals surface area contributed by atoms with Crippen molar-refractivity contribution in [3.05, 3.63) is 72.7 Å². The first-order chi connectivity index (χ1) is 14.3. The molecule has 0 saturated carbocycles. The van der Waals surface area contributed by atoms with Gasteiger partial charge in [-0.2, -0.15) is 0 Å². The Labute approximate surface area is 166 Å². The molecule has 0 spiro atoms. The zero-order chi connectivity index (χ0) is 19.9. The molecule has 0 atom stereocenters. The number of tetrazole rings is 1. The topological polar surface area (TPSA) is 94.8 Å². The molecule has 142 valence electrons. The Kier molecular flexibility index (Phi) is 5.39. The van der Waals surface area contributed by atoms with Gasteiger partial charge in [0.2, 0.25) is 0 Å². The SMILES string of the molecule is O=C(NCC#CCOc1ccc2cccnc2c1)c1cccc(-n2cnnn2)c1. The van der Waals surface area contributed by atoms with Crippen LogP contribution in [-0.4, -0.2) is 44.3 Å². The van der Waals surface area contributed by atoms with Crippen LogP contribution >= 0.6 is 0 Å². The predicted octanol–water partition coefficient (Wildman–Crippen LogP) is 2.02. The standard InChI is InChI=1S/C21H16N6O2/c28-21(17-5-3-7-18(13-17)27-15-24-25-26-27)23-10-1-2-12-29-19-9-8-16-6-4-11-22-20(16)14-19/h3-9,11,13-15H,10,12H2,(H,23,28). The molecule has 0 aliphatic carbocycles. The number of aromatic nitrogens is 5. The number of rotatable bonds is 5. The third kappa shape index (κ3) is 4.54. The van der Waals surface area contributed by atoms with E-state index >= 15 is 0 Å². The Morgan fingerprint density at radius 2 is 2.07 bits per heavy atom. The van der Waals surface area contributed by atoms with Crippen molar-refractivity contribution in [2.75, 3.05) is 13.2 Å². The summed E-state index contributed by atoms with van der Waals surface area (Å²) in [5.41, 5.74) is 2.07. The number of nitrogens with one attached hydrogen (secondary N) is 1. The van der Waals surface area contributed by atoms with Crippen molar-refractivity contribution in [3.63, 3.8) is 0 Å². The van der Waals surface area contributed by atoms with Crippen molar-refractivity contribution in [3.8, 4) is 23.3 Å². The van der Waals surface area contributed by atoms with Crippen LogP contribution in [0.25, 0.3) is 16.6 Å². The molecule has 0 aliphatic rings. The smallest absolute Gasteiger partial charge is 0.252 e. The minimum absolute atomic E-state index is 0.219. The lowest BCUT2D eigenvalue weighted by Crippen LogP contribution is -2.23. The monoisotopic (exact) mass is 384 g/mol. The van der Waals surface area contributed by atoms with E-state index in [1.165, 1.54) is 11.0 Å². The first kappa shape index (κ1) is 18.1. The summed E-state index contributed by atoms with van der Waals surface area (Å²) in [5, 5.41) is 14.8. The van der Waals surface area contributed by atoms with E-state index < -0.39 is 0 Å². The summed E-state index contributed by atoms with van der Waals surface area (Å²) in [6.07, 6.45) is 3.21. The molecule has 0 unspecified atom stereocenters. The lowest BCUT2D eigenvalue weighted by atomic mass is 10.2. The van der Waals surface area contributed by atoms with Gasteiger partial charge in [0.1, 0.15) is 18.7 Å². The minimum atomic E-state index is -0.226. The van der Waals surface area contributed by atoms with E-state index in [2.05, 4.69) is 37.7 Å². The average Bonchev–Trinajstić information content (AvgIpc) is 3.31. The molecule has 0 aliphatic heterocycles. The van der Waals surface area contributed by atoms with Gasteiger partial charge in [0.15, 0.2) is 0 Å². The molecule has 8 nitrogen and oxygen atoms in total. The second-order valence-electron chi connectivity index (χ2n) is 5.99. The fourth-order valence-electron chi connectivity index (χ4n) is 2.66. The Morgan fingerprint density at radius 3 is 2.97 bits per heavy atom. The lowest BCUT2D eigenvalue weighted by molar-refractivity contribution is 0.0958. The van der Waals surface area contributed by atoms with Crippen LogP contribution in [0.3, 0.4) is 0 Å². The number of pyridine rings is 1. The third-order valence-corrected chi connectivity index (χ3v) is 4.07. The molecule has 4 aromatic rings. The first-order valence-electron chi connectivity index (χ1n) is 8.84. The van der Waals surface area contributed by atoms with Gasteiger partial charge in [0.05, 0.1) is 17.7 Å². The zero-order valence-corrected chi connectivity index (χ0v) is 15.3. The molecular weight excluding hydrogens is 368 g/mol. The lowest BCUT2D eigenvalue weighted by Gasteiger charge is -2.04. The van der Waals surface area contributed by atoms with Crippen molar-refractivity contribution >= 4 is 16.8 Å². The molecule has 0 radical (unpaired) electrons. The van der Waals surface area contributed by atoms with Crippen LogP contribution in [0.1, 0.15) is 10.4 Å². The summed E-state index contributed by atoms with van der Waals surface area (Å²) in [5.74, 6) is 6.24. The quantitative estimate of drug-likeness (QED) is 0.529. The van der Waals surface area contributed by atoms with Crippen LogP contribution in [0, 0.1) is 11.8 Å². The van der Waals surface area contributed by atoms with Crippen molar-refractivity contribution in [2.24, 2.45) is 0 Å². The van der Waals surface area contributed by atoms with Gasteiger partial charge in [-0.1, -0.05) is 24.0 Å². The van der Waals surface area contributed by atoms with Gasteiger partial charge < -0.3 is 10.1 Å². The van der Waals surface area contributed by atoms with Crippen LogP contribution in [0.15, 0.2) is 67.1 Å². The number of amides is 1. The molecule has 4 rings (SSSR count). The summed E-state index contributed by atoms with van der Waals surface area (Å²) in [7, 11) is 0. The summed E-state index contributed by atoms with van der Waals surface area (Å²) in [6.45, 7) is 0.444. The van der Waals surface area contributed by atoms with Gasteiger partial charge in [-0.3, -0.25) is 9.78 Å². The number of ether oxygens (including phenoxy) is 1. The Balaban J connectivity index is 1.27. The van der Waals surface area contributed by atoms with Crippen molar-refractivity contribution in [2.45, 2.75) is 0 Å². The van der Waals surface area contributed by atoms with Crippen LogP contribution in [0.2, 0.25) is 0 Å². The predicted molar refractivity (Wildman–Crippen MR) is 107 cm³/mol. The maximum Gasteiger partial charge on any atom is 0.252 e. The van der Waals surface area contributed by atoms with E-state index in [1.54, 1.807) is 24.4 Å². The van der Waals surface area contributed by atoms with E-state index in [4.69, 9.17) is 4.74 Å². The van der Waals surface area contributed by atoms with E-state index in [-0.39, 0.29) is 19.1 Å². The maximum atomic E-state index is 12.3. The van der Waals surface area contributed by atoms with Crippen LogP contribution in [0.4, 0.5) is 0 Å². The molecular formula is C21H16N6O2. The van der Waals surface area contributed by atoms with Crippen LogP contribution in [-0.2, 0) is 0 Å². The summed E-state index contributed by atoms with van der Waals surface area (Å²) < 4.78 is 7.10. The second-order valence-corrected chi connectivity index (χ2v) is 5.99. The van der Waals surface area contributed by atoms with E-state index in [0.29, 0.717) is 17.0 Å². The summed E-state index contributed by atoms with van der Waals surface area (Å²) in [4.78, 5) is 16.6. The number of carbonyl (C=O) groups is 1.